The number of nitrogens with two attached hydrogens (primary N) is 1. The van der Waals surface area contributed by atoms with Crippen molar-refractivity contribution < 1.29 is 5.11 Å². The van der Waals surface area contributed by atoms with Gasteiger partial charge in [-0.15, -0.1) is 0 Å². The Bertz CT molecular complexity index is 196. The molecule has 0 aromatic carbocycles. The van der Waals surface area contributed by atoms with Gasteiger partial charge in [0, 0.05) is 11.5 Å². The molecule has 0 aromatic heterocycles. The van der Waals surface area contributed by atoms with Crippen molar-refractivity contribution in [3.63, 3.8) is 0 Å². The van der Waals surface area contributed by atoms with Crippen LogP contribution in [0.3, 0.4) is 0 Å². The average Bonchev–Trinajstić information content (AvgIpc) is 2.14. The van der Waals surface area contributed by atoms with Crippen LogP contribution in [0.2, 0.25) is 0 Å². The predicted octanol–water partition coefficient (Wildman–Crippen LogP) is 2.70. The number of hydrogen-bond acceptors (Lipinski definition) is 3. The highest BCUT2D eigenvalue weighted by molar-refractivity contribution is 7.80. The minimum Gasteiger partial charge on any atom is -0.391 e. The Balaban J connectivity index is 4.55. The van der Waals surface area contributed by atoms with E-state index in [2.05, 4.69) is 47.2 Å². The lowest BCUT2D eigenvalue weighted by molar-refractivity contribution is 0.0142. The molecule has 0 radical (unpaired) electrons. The highest BCUT2D eigenvalue weighted by Crippen LogP contribution is 2.33. The SMILES string of the molecule is CC(C)CC(N)C(O)C(C)(CS)CC(C)C. The van der Waals surface area contributed by atoms with Crippen molar-refractivity contribution in [2.45, 2.75) is 59.6 Å². The zero-order chi connectivity index (χ0) is 12.9. The molecule has 2 nitrogen and oxygen atoms in total. The monoisotopic (exact) mass is 247 g/mol. The van der Waals surface area contributed by atoms with Crippen molar-refractivity contribution >= 4 is 12.6 Å². The molecule has 3 N–H and O–H groups in total. The van der Waals surface area contributed by atoms with E-state index in [-0.39, 0.29) is 11.5 Å². The van der Waals surface area contributed by atoms with Crippen LogP contribution >= 0.6 is 12.6 Å². The molecule has 98 valence electrons. The first-order valence-electron chi connectivity index (χ1n) is 6.27. The fraction of sp³-hybridized carbons (Fsp3) is 1.00. The van der Waals surface area contributed by atoms with E-state index in [4.69, 9.17) is 5.73 Å². The van der Waals surface area contributed by atoms with Crippen LogP contribution < -0.4 is 5.73 Å². The largest absolute Gasteiger partial charge is 0.391 e. The number of rotatable bonds is 7. The summed E-state index contributed by atoms with van der Waals surface area (Å²) in [5.41, 5.74) is 5.90. The van der Waals surface area contributed by atoms with Crippen LogP contribution in [0.4, 0.5) is 0 Å². The van der Waals surface area contributed by atoms with Crippen molar-refractivity contribution in [2.24, 2.45) is 23.0 Å². The third kappa shape index (κ3) is 5.07. The van der Waals surface area contributed by atoms with Crippen LogP contribution in [0.15, 0.2) is 0 Å². The lowest BCUT2D eigenvalue weighted by Crippen LogP contribution is -2.48. The van der Waals surface area contributed by atoms with Gasteiger partial charge >= 0.3 is 0 Å². The first-order chi connectivity index (χ1) is 7.23. The predicted molar refractivity (Wildman–Crippen MR) is 74.9 cm³/mol. The van der Waals surface area contributed by atoms with E-state index in [0.29, 0.717) is 17.6 Å². The van der Waals surface area contributed by atoms with E-state index in [1.54, 1.807) is 0 Å². The second-order valence-electron chi connectivity index (χ2n) is 6.15. The minimum absolute atomic E-state index is 0.143. The van der Waals surface area contributed by atoms with Crippen molar-refractivity contribution in [1.82, 2.24) is 0 Å². The normalized spacial score (nSPS) is 19.9. The minimum atomic E-state index is -0.463. The summed E-state index contributed by atoms with van der Waals surface area (Å²) >= 11 is 4.38. The molecule has 3 atom stereocenters. The van der Waals surface area contributed by atoms with Crippen LogP contribution in [0.5, 0.6) is 0 Å². The Labute approximate surface area is 106 Å². The van der Waals surface area contributed by atoms with Crippen molar-refractivity contribution in [3.05, 3.63) is 0 Å². The molecule has 16 heavy (non-hydrogen) atoms. The molecule has 0 fully saturated rings. The second kappa shape index (κ2) is 6.87. The van der Waals surface area contributed by atoms with Gasteiger partial charge in [0.2, 0.25) is 0 Å². The van der Waals surface area contributed by atoms with Gasteiger partial charge in [-0.2, -0.15) is 12.6 Å². The standard InChI is InChI=1S/C13H29NOS/c1-9(2)6-11(14)12(15)13(5,8-16)7-10(3)4/h9-12,15-16H,6-8,14H2,1-5H3. The number of thiol groups is 1. The maximum atomic E-state index is 10.4. The molecule has 0 aliphatic carbocycles. The van der Waals surface area contributed by atoms with E-state index in [1.807, 2.05) is 0 Å². The summed E-state index contributed by atoms with van der Waals surface area (Å²) in [5, 5.41) is 10.4. The number of aliphatic hydroxyl groups excluding tert-OH is 1. The summed E-state index contributed by atoms with van der Waals surface area (Å²) in [6.07, 6.45) is 1.36. The van der Waals surface area contributed by atoms with E-state index in [0.717, 1.165) is 12.8 Å². The van der Waals surface area contributed by atoms with Gasteiger partial charge in [-0.05, 0) is 30.4 Å². The Morgan fingerprint density at radius 3 is 2.00 bits per heavy atom. The molecule has 0 saturated carbocycles. The number of hydrogen-bond donors (Lipinski definition) is 3. The lowest BCUT2D eigenvalue weighted by atomic mass is 9.75. The Hall–Kier alpha value is 0.270. The fourth-order valence-corrected chi connectivity index (χ4v) is 2.72. The summed E-state index contributed by atoms with van der Waals surface area (Å²) < 4.78 is 0. The van der Waals surface area contributed by atoms with Gasteiger partial charge in [-0.3, -0.25) is 0 Å². The first kappa shape index (κ1) is 16.3. The van der Waals surface area contributed by atoms with Crippen molar-refractivity contribution in [1.29, 1.82) is 0 Å². The summed E-state index contributed by atoms with van der Waals surface area (Å²) in [7, 11) is 0. The van der Waals surface area contributed by atoms with Gasteiger partial charge in [0.05, 0.1) is 6.10 Å². The molecule has 0 aliphatic heterocycles. The summed E-state index contributed by atoms with van der Waals surface area (Å²) in [6.45, 7) is 10.7. The quantitative estimate of drug-likeness (QED) is 0.606. The maximum absolute atomic E-state index is 10.4. The summed E-state index contributed by atoms with van der Waals surface area (Å²) in [5.74, 6) is 1.75. The Morgan fingerprint density at radius 1 is 1.19 bits per heavy atom. The summed E-state index contributed by atoms with van der Waals surface area (Å²) in [4.78, 5) is 0. The molecule has 0 rings (SSSR count). The smallest absolute Gasteiger partial charge is 0.0752 e. The van der Waals surface area contributed by atoms with Crippen LogP contribution in [-0.2, 0) is 0 Å². The topological polar surface area (TPSA) is 46.2 Å². The number of aliphatic hydroxyl groups is 1. The third-order valence-electron chi connectivity index (χ3n) is 3.10. The third-order valence-corrected chi connectivity index (χ3v) is 3.82. The lowest BCUT2D eigenvalue weighted by Gasteiger charge is -2.38. The molecular formula is C13H29NOS. The molecule has 0 bridgehead atoms. The fourth-order valence-electron chi connectivity index (χ4n) is 2.40. The highest BCUT2D eigenvalue weighted by atomic mass is 32.1. The van der Waals surface area contributed by atoms with E-state index >= 15 is 0 Å². The summed E-state index contributed by atoms with van der Waals surface area (Å²) in [6, 6.07) is -0.143. The Kier molecular flexibility index (Phi) is 6.99. The van der Waals surface area contributed by atoms with Crippen LogP contribution in [-0.4, -0.2) is 23.0 Å². The average molecular weight is 247 g/mol. The molecule has 0 saturated heterocycles. The zero-order valence-electron chi connectivity index (χ0n) is 11.4. The second-order valence-corrected chi connectivity index (χ2v) is 6.46. The molecule has 0 amide bonds. The molecule has 0 aromatic rings. The van der Waals surface area contributed by atoms with Crippen molar-refractivity contribution in [2.75, 3.05) is 5.75 Å². The molecule has 3 heteroatoms. The van der Waals surface area contributed by atoms with E-state index in [9.17, 15) is 5.11 Å². The molecule has 0 aliphatic rings. The van der Waals surface area contributed by atoms with Crippen molar-refractivity contribution in [3.8, 4) is 0 Å². The first-order valence-corrected chi connectivity index (χ1v) is 6.90. The zero-order valence-corrected chi connectivity index (χ0v) is 12.3. The molecule has 3 unspecified atom stereocenters. The van der Waals surface area contributed by atoms with Crippen LogP contribution in [0, 0.1) is 17.3 Å². The molecular weight excluding hydrogens is 218 g/mol. The molecule has 0 spiro atoms. The Morgan fingerprint density at radius 2 is 1.69 bits per heavy atom. The van der Waals surface area contributed by atoms with E-state index in [1.165, 1.54) is 0 Å². The van der Waals surface area contributed by atoms with Gasteiger partial charge < -0.3 is 10.8 Å². The maximum Gasteiger partial charge on any atom is 0.0752 e. The van der Waals surface area contributed by atoms with Crippen LogP contribution in [0.25, 0.3) is 0 Å². The van der Waals surface area contributed by atoms with Gasteiger partial charge in [-0.1, -0.05) is 34.6 Å². The van der Waals surface area contributed by atoms with Gasteiger partial charge in [-0.25, -0.2) is 0 Å². The molecule has 0 heterocycles. The highest BCUT2D eigenvalue weighted by Gasteiger charge is 2.36. The van der Waals surface area contributed by atoms with Gasteiger partial charge in [0.25, 0.3) is 0 Å². The van der Waals surface area contributed by atoms with Gasteiger partial charge in [0.1, 0.15) is 0 Å². The van der Waals surface area contributed by atoms with Gasteiger partial charge in [0.15, 0.2) is 0 Å². The van der Waals surface area contributed by atoms with Crippen LogP contribution in [0.1, 0.15) is 47.5 Å². The van der Waals surface area contributed by atoms with E-state index < -0.39 is 6.10 Å².